The number of hydrogen-bond acceptors (Lipinski definition) is 6. The average molecular weight is 349 g/mol. The van der Waals surface area contributed by atoms with Crippen molar-refractivity contribution in [2.45, 2.75) is 25.3 Å². The zero-order chi connectivity index (χ0) is 16.4. The summed E-state index contributed by atoms with van der Waals surface area (Å²) in [4.78, 5) is 5.37. The highest BCUT2D eigenvalue weighted by Crippen LogP contribution is 2.24. The Kier molecular flexibility index (Phi) is 4.29. The van der Waals surface area contributed by atoms with E-state index in [1.807, 2.05) is 23.6 Å². The van der Waals surface area contributed by atoms with E-state index < -0.39 is 10.0 Å². The maximum atomic E-state index is 12.4. The first-order valence-electron chi connectivity index (χ1n) is 6.88. The van der Waals surface area contributed by atoms with Crippen LogP contribution in [0, 0.1) is 13.8 Å². The Hall–Kier alpha value is -2.03. The van der Waals surface area contributed by atoms with Crippen molar-refractivity contribution in [3.63, 3.8) is 0 Å². The van der Waals surface area contributed by atoms with Gasteiger partial charge in [-0.25, -0.2) is 13.1 Å². The predicted octanol–water partition coefficient (Wildman–Crippen LogP) is 2.89. The smallest absolute Gasteiger partial charge is 0.246 e. The summed E-state index contributed by atoms with van der Waals surface area (Å²) in [7, 11) is -3.67. The first kappa shape index (κ1) is 15.9. The van der Waals surface area contributed by atoms with Crippen LogP contribution in [0.5, 0.6) is 0 Å². The van der Waals surface area contributed by atoms with Gasteiger partial charge in [0.2, 0.25) is 10.0 Å². The van der Waals surface area contributed by atoms with Crippen LogP contribution >= 0.6 is 11.3 Å². The van der Waals surface area contributed by atoms with Gasteiger partial charge in [-0.05, 0) is 36.9 Å². The van der Waals surface area contributed by atoms with E-state index in [2.05, 4.69) is 14.9 Å². The average Bonchev–Trinajstić information content (AvgIpc) is 3.16. The topological polar surface area (TPSA) is 85.1 Å². The Morgan fingerprint density at radius 3 is 2.78 bits per heavy atom. The molecule has 0 atom stereocenters. The summed E-state index contributed by atoms with van der Waals surface area (Å²) in [6.07, 6.45) is 3.41. The van der Waals surface area contributed by atoms with Crippen molar-refractivity contribution in [1.29, 1.82) is 0 Å². The number of sulfonamides is 1. The van der Waals surface area contributed by atoms with Crippen LogP contribution in [0.25, 0.3) is 10.4 Å². The largest absolute Gasteiger partial charge is 0.360 e. The SMILES string of the molecule is Cc1noc(C)c1S(=O)(=O)NCc1cncc(-c2cccs2)c1. The monoisotopic (exact) mass is 349 g/mol. The Morgan fingerprint density at radius 2 is 2.13 bits per heavy atom. The molecule has 0 radical (unpaired) electrons. The van der Waals surface area contributed by atoms with Gasteiger partial charge in [-0.3, -0.25) is 4.98 Å². The zero-order valence-electron chi connectivity index (χ0n) is 12.6. The van der Waals surface area contributed by atoms with Crippen molar-refractivity contribution in [2.75, 3.05) is 0 Å². The molecule has 3 rings (SSSR count). The maximum Gasteiger partial charge on any atom is 0.246 e. The fourth-order valence-electron chi connectivity index (χ4n) is 2.27. The van der Waals surface area contributed by atoms with E-state index in [9.17, 15) is 8.42 Å². The number of pyridine rings is 1. The molecule has 0 fully saturated rings. The minimum atomic E-state index is -3.67. The number of rotatable bonds is 5. The van der Waals surface area contributed by atoms with Gasteiger partial charge in [-0.1, -0.05) is 11.2 Å². The second-order valence-corrected chi connectivity index (χ2v) is 7.69. The maximum absolute atomic E-state index is 12.4. The predicted molar refractivity (Wildman–Crippen MR) is 87.6 cm³/mol. The molecule has 0 aliphatic rings. The Bertz CT molecular complexity index is 896. The van der Waals surface area contributed by atoms with Crippen LogP contribution in [-0.2, 0) is 16.6 Å². The normalized spacial score (nSPS) is 11.7. The van der Waals surface area contributed by atoms with E-state index in [0.717, 1.165) is 16.0 Å². The molecule has 120 valence electrons. The summed E-state index contributed by atoms with van der Waals surface area (Å²) >= 11 is 1.61. The fourth-order valence-corrected chi connectivity index (χ4v) is 4.32. The van der Waals surface area contributed by atoms with Crippen molar-refractivity contribution in [2.24, 2.45) is 0 Å². The van der Waals surface area contributed by atoms with Crippen LogP contribution < -0.4 is 4.72 Å². The van der Waals surface area contributed by atoms with E-state index in [1.54, 1.807) is 37.6 Å². The third-order valence-electron chi connectivity index (χ3n) is 3.30. The van der Waals surface area contributed by atoms with Crippen molar-refractivity contribution >= 4 is 21.4 Å². The summed E-state index contributed by atoms with van der Waals surface area (Å²) in [5.41, 5.74) is 2.10. The van der Waals surface area contributed by atoms with Gasteiger partial charge in [-0.2, -0.15) is 0 Å². The lowest BCUT2D eigenvalue weighted by Crippen LogP contribution is -2.24. The molecule has 0 amide bonds. The molecule has 3 aromatic rings. The van der Waals surface area contributed by atoms with Crippen LogP contribution in [0.2, 0.25) is 0 Å². The van der Waals surface area contributed by atoms with Crippen molar-refractivity contribution in [3.8, 4) is 10.4 Å². The summed E-state index contributed by atoms with van der Waals surface area (Å²) in [5, 5.41) is 5.67. The fraction of sp³-hybridized carbons (Fsp3) is 0.200. The molecule has 6 nitrogen and oxygen atoms in total. The van der Waals surface area contributed by atoms with Gasteiger partial charge in [0.15, 0.2) is 5.76 Å². The molecule has 0 saturated carbocycles. The standard InChI is InChI=1S/C15H15N3O3S2/c1-10-15(11(2)21-18-10)23(19,20)17-8-12-6-13(9-16-7-12)14-4-3-5-22-14/h3-7,9,17H,8H2,1-2H3. The number of nitrogens with one attached hydrogen (secondary N) is 1. The molecule has 8 heteroatoms. The second-order valence-electron chi connectivity index (χ2n) is 5.04. The molecule has 0 aromatic carbocycles. The molecule has 0 unspecified atom stereocenters. The lowest BCUT2D eigenvalue weighted by Gasteiger charge is -2.07. The molecule has 0 bridgehead atoms. The molecule has 1 N–H and O–H groups in total. The molecule has 0 aliphatic carbocycles. The Labute approximate surface area is 138 Å². The third-order valence-corrected chi connectivity index (χ3v) is 5.87. The number of hydrogen-bond donors (Lipinski definition) is 1. The number of nitrogens with zero attached hydrogens (tertiary/aromatic N) is 2. The number of aromatic nitrogens is 2. The van der Waals surface area contributed by atoms with Gasteiger partial charge < -0.3 is 4.52 Å². The van der Waals surface area contributed by atoms with Gasteiger partial charge >= 0.3 is 0 Å². The highest BCUT2D eigenvalue weighted by Gasteiger charge is 2.23. The number of aryl methyl sites for hydroxylation is 2. The first-order chi connectivity index (χ1) is 11.0. The Balaban J connectivity index is 1.80. The van der Waals surface area contributed by atoms with Crippen LogP contribution in [0.15, 0.2) is 45.4 Å². The molecule has 0 saturated heterocycles. The van der Waals surface area contributed by atoms with E-state index in [4.69, 9.17) is 4.52 Å². The van der Waals surface area contributed by atoms with E-state index in [0.29, 0.717) is 5.69 Å². The minimum absolute atomic E-state index is 0.0971. The van der Waals surface area contributed by atoms with Crippen LogP contribution in [0.1, 0.15) is 17.0 Å². The van der Waals surface area contributed by atoms with Gasteiger partial charge in [0.25, 0.3) is 0 Å². The quantitative estimate of drug-likeness (QED) is 0.765. The summed E-state index contributed by atoms with van der Waals surface area (Å²) < 4.78 is 32.3. The lowest BCUT2D eigenvalue weighted by molar-refractivity contribution is 0.390. The molecule has 23 heavy (non-hydrogen) atoms. The molecule has 3 aromatic heterocycles. The highest BCUT2D eigenvalue weighted by molar-refractivity contribution is 7.89. The van der Waals surface area contributed by atoms with Crippen molar-refractivity contribution < 1.29 is 12.9 Å². The molecule has 0 aliphatic heterocycles. The van der Waals surface area contributed by atoms with E-state index in [-0.39, 0.29) is 17.2 Å². The van der Waals surface area contributed by atoms with Gasteiger partial charge in [-0.15, -0.1) is 11.3 Å². The first-order valence-corrected chi connectivity index (χ1v) is 9.24. The van der Waals surface area contributed by atoms with Crippen LogP contribution in [0.3, 0.4) is 0 Å². The zero-order valence-corrected chi connectivity index (χ0v) is 14.2. The van der Waals surface area contributed by atoms with Gasteiger partial charge in [0, 0.05) is 29.4 Å². The molecule has 0 spiro atoms. The summed E-state index contributed by atoms with van der Waals surface area (Å²) in [5.74, 6) is 0.278. The van der Waals surface area contributed by atoms with Crippen LogP contribution in [0.4, 0.5) is 0 Å². The molecule has 3 heterocycles. The van der Waals surface area contributed by atoms with Crippen LogP contribution in [-0.4, -0.2) is 18.6 Å². The highest BCUT2D eigenvalue weighted by atomic mass is 32.2. The molecular formula is C15H15N3O3S2. The Morgan fingerprint density at radius 1 is 1.30 bits per heavy atom. The second kappa shape index (κ2) is 6.23. The summed E-state index contributed by atoms with van der Waals surface area (Å²) in [6.45, 7) is 3.33. The third kappa shape index (κ3) is 3.34. The summed E-state index contributed by atoms with van der Waals surface area (Å²) in [6, 6.07) is 5.89. The van der Waals surface area contributed by atoms with Gasteiger partial charge in [0.05, 0.1) is 0 Å². The lowest BCUT2D eigenvalue weighted by atomic mass is 10.2. The van der Waals surface area contributed by atoms with Gasteiger partial charge in [0.1, 0.15) is 10.6 Å². The minimum Gasteiger partial charge on any atom is -0.360 e. The van der Waals surface area contributed by atoms with E-state index in [1.165, 1.54) is 0 Å². The van der Waals surface area contributed by atoms with Crippen molar-refractivity contribution in [3.05, 3.63) is 53.0 Å². The molecular weight excluding hydrogens is 334 g/mol. The van der Waals surface area contributed by atoms with E-state index >= 15 is 0 Å². The van der Waals surface area contributed by atoms with Crippen molar-refractivity contribution in [1.82, 2.24) is 14.9 Å². The number of thiophene rings is 1.